The summed E-state index contributed by atoms with van der Waals surface area (Å²) in [5, 5.41) is 3.41. The number of carbonyl (C=O) groups is 1. The Bertz CT molecular complexity index is 1360. The van der Waals surface area contributed by atoms with Crippen LogP contribution in [0.15, 0.2) is 64.3 Å². The number of ether oxygens (including phenoxy) is 1. The molecule has 2 heterocycles. The summed E-state index contributed by atoms with van der Waals surface area (Å²) in [7, 11) is -2.03. The number of hydrogen-bond donors (Lipinski definition) is 1. The zero-order chi connectivity index (χ0) is 24.3. The maximum atomic E-state index is 13.1. The van der Waals surface area contributed by atoms with Crippen LogP contribution in [0.4, 0.5) is 0 Å². The SMILES string of the molecule is COc1cccc(CNC(=O)Cn2c(=O)ccc3cc(S(=O)(=O)N4CCC(C)CC4)ccc32)c1. The minimum absolute atomic E-state index is 0.170. The number of nitrogens with one attached hydrogen (secondary N) is 1. The van der Waals surface area contributed by atoms with E-state index in [-0.39, 0.29) is 22.9 Å². The number of fused-ring (bicyclic) bond motifs is 1. The predicted molar refractivity (Wildman–Crippen MR) is 130 cm³/mol. The van der Waals surface area contributed by atoms with Gasteiger partial charge in [0.1, 0.15) is 12.3 Å². The van der Waals surface area contributed by atoms with Crippen LogP contribution in [-0.4, -0.2) is 43.4 Å². The van der Waals surface area contributed by atoms with Crippen molar-refractivity contribution in [3.05, 3.63) is 70.5 Å². The molecule has 1 aliphatic heterocycles. The molecule has 1 aliphatic rings. The lowest BCUT2D eigenvalue weighted by Crippen LogP contribution is -2.37. The molecule has 1 saturated heterocycles. The molecule has 0 aliphatic carbocycles. The lowest BCUT2D eigenvalue weighted by atomic mass is 10.0. The Morgan fingerprint density at radius 3 is 2.59 bits per heavy atom. The molecule has 1 N–H and O–H groups in total. The Balaban J connectivity index is 1.53. The smallest absolute Gasteiger partial charge is 0.251 e. The average molecular weight is 484 g/mol. The van der Waals surface area contributed by atoms with E-state index in [2.05, 4.69) is 12.2 Å². The first-order valence-corrected chi connectivity index (χ1v) is 12.8. The van der Waals surface area contributed by atoms with Crippen LogP contribution in [-0.2, 0) is 27.9 Å². The zero-order valence-electron chi connectivity index (χ0n) is 19.4. The van der Waals surface area contributed by atoms with Gasteiger partial charge in [-0.15, -0.1) is 0 Å². The summed E-state index contributed by atoms with van der Waals surface area (Å²) in [6.07, 6.45) is 1.69. The Hall–Kier alpha value is -3.17. The molecule has 4 rings (SSSR count). The Kier molecular flexibility index (Phi) is 7.04. The fraction of sp³-hybridized carbons (Fsp3) is 0.360. The van der Waals surface area contributed by atoms with Gasteiger partial charge in [0.15, 0.2) is 0 Å². The third kappa shape index (κ3) is 5.15. The molecule has 0 radical (unpaired) electrons. The van der Waals surface area contributed by atoms with Gasteiger partial charge in [-0.1, -0.05) is 19.1 Å². The van der Waals surface area contributed by atoms with Crippen LogP contribution >= 0.6 is 0 Å². The molecule has 34 heavy (non-hydrogen) atoms. The van der Waals surface area contributed by atoms with Crippen LogP contribution in [0, 0.1) is 5.92 Å². The van der Waals surface area contributed by atoms with Crippen LogP contribution in [0.25, 0.3) is 10.9 Å². The molecule has 8 nitrogen and oxygen atoms in total. The summed E-state index contributed by atoms with van der Waals surface area (Å²) in [5.41, 5.74) is 1.06. The summed E-state index contributed by atoms with van der Waals surface area (Å²) < 4.78 is 34.3. The van der Waals surface area contributed by atoms with Crippen molar-refractivity contribution >= 4 is 26.8 Å². The highest BCUT2D eigenvalue weighted by Gasteiger charge is 2.28. The maximum Gasteiger partial charge on any atom is 0.251 e. The van der Waals surface area contributed by atoms with Crippen molar-refractivity contribution in [2.45, 2.75) is 37.8 Å². The number of benzene rings is 2. The number of carbonyl (C=O) groups excluding carboxylic acids is 1. The molecule has 0 spiro atoms. The summed E-state index contributed by atoms with van der Waals surface area (Å²) >= 11 is 0. The summed E-state index contributed by atoms with van der Waals surface area (Å²) in [4.78, 5) is 25.3. The summed E-state index contributed by atoms with van der Waals surface area (Å²) in [6, 6.07) is 15.0. The van der Waals surface area contributed by atoms with E-state index in [1.807, 2.05) is 24.3 Å². The van der Waals surface area contributed by atoms with Crippen LogP contribution in [0.1, 0.15) is 25.3 Å². The third-order valence-corrected chi connectivity index (χ3v) is 8.16. The van der Waals surface area contributed by atoms with Gasteiger partial charge in [0, 0.05) is 25.7 Å². The van der Waals surface area contributed by atoms with Crippen molar-refractivity contribution in [1.29, 1.82) is 0 Å². The number of hydrogen-bond acceptors (Lipinski definition) is 5. The van der Waals surface area contributed by atoms with Crippen LogP contribution in [0.5, 0.6) is 5.75 Å². The number of pyridine rings is 1. The first-order valence-electron chi connectivity index (χ1n) is 11.3. The number of amides is 1. The fourth-order valence-corrected chi connectivity index (χ4v) is 5.67. The van der Waals surface area contributed by atoms with E-state index in [1.165, 1.54) is 21.0 Å². The fourth-order valence-electron chi connectivity index (χ4n) is 4.16. The van der Waals surface area contributed by atoms with E-state index in [0.29, 0.717) is 42.2 Å². The van der Waals surface area contributed by atoms with Crippen LogP contribution < -0.4 is 15.6 Å². The molecule has 2 aromatic carbocycles. The molecule has 9 heteroatoms. The number of rotatable bonds is 7. The van der Waals surface area contributed by atoms with Crippen molar-refractivity contribution in [3.63, 3.8) is 0 Å². The van der Waals surface area contributed by atoms with Gasteiger partial charge >= 0.3 is 0 Å². The quantitative estimate of drug-likeness (QED) is 0.557. The maximum absolute atomic E-state index is 13.1. The van der Waals surface area contributed by atoms with E-state index in [0.717, 1.165) is 18.4 Å². The minimum Gasteiger partial charge on any atom is -0.497 e. The largest absolute Gasteiger partial charge is 0.497 e. The van der Waals surface area contributed by atoms with Gasteiger partial charge < -0.3 is 10.1 Å². The van der Waals surface area contributed by atoms with E-state index in [1.54, 1.807) is 25.3 Å². The molecule has 1 fully saturated rings. The van der Waals surface area contributed by atoms with Gasteiger partial charge in [-0.3, -0.25) is 14.2 Å². The van der Waals surface area contributed by atoms with Crippen LogP contribution in [0.3, 0.4) is 0 Å². The van der Waals surface area contributed by atoms with Gasteiger partial charge in [-0.05, 0) is 66.1 Å². The molecule has 0 atom stereocenters. The van der Waals surface area contributed by atoms with Gasteiger partial charge in [0.25, 0.3) is 5.56 Å². The minimum atomic E-state index is -3.61. The van der Waals surface area contributed by atoms with Gasteiger partial charge in [-0.25, -0.2) is 8.42 Å². The van der Waals surface area contributed by atoms with Crippen molar-refractivity contribution in [2.75, 3.05) is 20.2 Å². The molecule has 0 bridgehead atoms. The number of methoxy groups -OCH3 is 1. The van der Waals surface area contributed by atoms with Crippen molar-refractivity contribution in [2.24, 2.45) is 5.92 Å². The Morgan fingerprint density at radius 2 is 1.85 bits per heavy atom. The summed E-state index contributed by atoms with van der Waals surface area (Å²) in [6.45, 7) is 3.28. The van der Waals surface area contributed by atoms with Crippen LogP contribution in [0.2, 0.25) is 0 Å². The highest BCUT2D eigenvalue weighted by molar-refractivity contribution is 7.89. The van der Waals surface area contributed by atoms with Gasteiger partial charge in [0.05, 0.1) is 17.5 Å². The second kappa shape index (κ2) is 9.99. The first-order chi connectivity index (χ1) is 16.3. The second-order valence-electron chi connectivity index (χ2n) is 8.69. The molecule has 0 unspecified atom stereocenters. The monoisotopic (exact) mass is 483 g/mol. The number of sulfonamides is 1. The molecule has 0 saturated carbocycles. The Labute approximate surface area is 199 Å². The number of piperidine rings is 1. The standard InChI is InChI=1S/C25H29N3O5S/c1-18-10-12-27(13-11-18)34(31,32)22-7-8-23-20(15-22)6-9-25(30)28(23)17-24(29)26-16-19-4-3-5-21(14-19)33-2/h3-9,14-15,18H,10-13,16-17H2,1-2H3,(H,26,29). The van der Waals surface area contributed by atoms with Gasteiger partial charge in [-0.2, -0.15) is 4.31 Å². The molecule has 180 valence electrons. The van der Waals surface area contributed by atoms with Crippen molar-refractivity contribution < 1.29 is 17.9 Å². The first kappa shape index (κ1) is 24.0. The van der Waals surface area contributed by atoms with E-state index < -0.39 is 10.0 Å². The molecule has 1 amide bonds. The number of aromatic nitrogens is 1. The highest BCUT2D eigenvalue weighted by atomic mass is 32.2. The van der Waals surface area contributed by atoms with Gasteiger partial charge in [0.2, 0.25) is 15.9 Å². The van der Waals surface area contributed by atoms with E-state index in [4.69, 9.17) is 4.74 Å². The highest BCUT2D eigenvalue weighted by Crippen LogP contribution is 2.25. The lowest BCUT2D eigenvalue weighted by molar-refractivity contribution is -0.121. The normalized spacial score (nSPS) is 15.4. The number of nitrogens with zero attached hydrogens (tertiary/aromatic N) is 2. The molecule has 3 aromatic rings. The molecular weight excluding hydrogens is 454 g/mol. The van der Waals surface area contributed by atoms with Crippen molar-refractivity contribution in [3.8, 4) is 5.75 Å². The molecule has 1 aromatic heterocycles. The topological polar surface area (TPSA) is 97.7 Å². The summed E-state index contributed by atoms with van der Waals surface area (Å²) in [5.74, 6) is 0.894. The second-order valence-corrected chi connectivity index (χ2v) is 10.6. The Morgan fingerprint density at radius 1 is 1.09 bits per heavy atom. The van der Waals surface area contributed by atoms with Crippen molar-refractivity contribution in [1.82, 2.24) is 14.2 Å². The zero-order valence-corrected chi connectivity index (χ0v) is 20.2. The predicted octanol–water partition coefficient (Wildman–Crippen LogP) is 2.75. The lowest BCUT2D eigenvalue weighted by Gasteiger charge is -2.29. The van der Waals surface area contributed by atoms with E-state index in [9.17, 15) is 18.0 Å². The molecular formula is C25H29N3O5S. The van der Waals surface area contributed by atoms with E-state index >= 15 is 0 Å². The average Bonchev–Trinajstić information content (AvgIpc) is 2.84. The third-order valence-electron chi connectivity index (χ3n) is 6.27.